The summed E-state index contributed by atoms with van der Waals surface area (Å²) in [6.45, 7) is 2.56. The molecule has 1 aliphatic rings. The Balaban J connectivity index is 1.21. The summed E-state index contributed by atoms with van der Waals surface area (Å²) >= 11 is 0. The predicted octanol–water partition coefficient (Wildman–Crippen LogP) is 4.67. The summed E-state index contributed by atoms with van der Waals surface area (Å²) in [4.78, 5) is 39.3. The second-order valence-corrected chi connectivity index (χ2v) is 8.67. The highest BCUT2D eigenvalue weighted by Crippen LogP contribution is 2.44. The van der Waals surface area contributed by atoms with Crippen LogP contribution in [0.15, 0.2) is 67.0 Å². The molecule has 1 aliphatic carbocycles. The third-order valence-electron chi connectivity index (χ3n) is 6.07. The number of ether oxygens (including phenoxy) is 1. The lowest BCUT2D eigenvalue weighted by Gasteiger charge is -2.16. The third-order valence-corrected chi connectivity index (χ3v) is 6.07. The van der Waals surface area contributed by atoms with Crippen molar-refractivity contribution in [1.29, 1.82) is 0 Å². The molecule has 8 nitrogen and oxygen atoms in total. The summed E-state index contributed by atoms with van der Waals surface area (Å²) in [6, 6.07) is 17.7. The van der Waals surface area contributed by atoms with Crippen LogP contribution in [0.2, 0.25) is 0 Å². The van der Waals surface area contributed by atoms with Gasteiger partial charge in [-0.25, -0.2) is 9.59 Å². The predicted molar refractivity (Wildman–Crippen MR) is 131 cm³/mol. The molecule has 0 bridgehead atoms. The van der Waals surface area contributed by atoms with Crippen molar-refractivity contribution in [2.45, 2.75) is 25.7 Å². The summed E-state index contributed by atoms with van der Waals surface area (Å²) in [5, 5.41) is 14.4. The molecule has 0 saturated heterocycles. The molecule has 0 fully saturated rings. The van der Waals surface area contributed by atoms with Crippen LogP contribution < -0.4 is 10.6 Å². The van der Waals surface area contributed by atoms with Gasteiger partial charge in [0, 0.05) is 25.1 Å². The van der Waals surface area contributed by atoms with E-state index >= 15 is 0 Å². The van der Waals surface area contributed by atoms with Gasteiger partial charge in [-0.05, 0) is 40.7 Å². The quantitative estimate of drug-likeness (QED) is 0.416. The summed E-state index contributed by atoms with van der Waals surface area (Å²) in [7, 11) is 0. The molecule has 1 heterocycles. The lowest BCUT2D eigenvalue weighted by molar-refractivity contribution is -0.116. The van der Waals surface area contributed by atoms with Crippen LogP contribution in [-0.4, -0.2) is 41.2 Å². The van der Waals surface area contributed by atoms with Gasteiger partial charge in [0.05, 0.1) is 17.4 Å². The van der Waals surface area contributed by atoms with Gasteiger partial charge in [0.25, 0.3) is 0 Å². The van der Waals surface area contributed by atoms with E-state index < -0.39 is 12.1 Å². The van der Waals surface area contributed by atoms with Crippen molar-refractivity contribution in [3.8, 4) is 11.1 Å². The number of amides is 2. The number of benzene rings is 2. The first-order chi connectivity index (χ1) is 16.9. The minimum Gasteiger partial charge on any atom is -0.478 e. The van der Waals surface area contributed by atoms with Crippen LogP contribution in [0, 0.1) is 5.92 Å². The van der Waals surface area contributed by atoms with E-state index in [1.807, 2.05) is 31.2 Å². The van der Waals surface area contributed by atoms with Crippen LogP contribution >= 0.6 is 0 Å². The second kappa shape index (κ2) is 10.8. The van der Waals surface area contributed by atoms with Crippen LogP contribution in [-0.2, 0) is 9.53 Å². The molecule has 3 N–H and O–H groups in total. The van der Waals surface area contributed by atoms with Crippen LogP contribution in [0.4, 0.5) is 10.5 Å². The molecule has 1 unspecified atom stereocenters. The third kappa shape index (κ3) is 5.84. The van der Waals surface area contributed by atoms with Crippen molar-refractivity contribution < 1.29 is 24.2 Å². The van der Waals surface area contributed by atoms with Crippen LogP contribution in [0.3, 0.4) is 0 Å². The number of aromatic nitrogens is 1. The van der Waals surface area contributed by atoms with E-state index in [4.69, 9.17) is 9.84 Å². The number of rotatable bonds is 9. The smallest absolute Gasteiger partial charge is 0.407 e. The molecule has 1 aromatic heterocycles. The van der Waals surface area contributed by atoms with E-state index in [0.717, 1.165) is 11.1 Å². The first-order valence-electron chi connectivity index (χ1n) is 11.5. The normalized spacial score (nSPS) is 12.8. The lowest BCUT2D eigenvalue weighted by atomic mass is 9.98. The molecule has 180 valence electrons. The fraction of sp³-hybridized carbons (Fsp3) is 0.259. The average Bonchev–Trinajstić information content (AvgIpc) is 3.19. The van der Waals surface area contributed by atoms with E-state index in [2.05, 4.69) is 39.9 Å². The number of carboxylic acids is 1. The van der Waals surface area contributed by atoms with E-state index in [1.165, 1.54) is 29.6 Å². The highest BCUT2D eigenvalue weighted by atomic mass is 16.5. The molecule has 1 atom stereocenters. The topological polar surface area (TPSA) is 118 Å². The number of carboxylic acid groups (broad SMARTS) is 1. The van der Waals surface area contributed by atoms with E-state index in [0.29, 0.717) is 18.7 Å². The number of anilines is 1. The number of carbonyl (C=O) groups excluding carboxylic acids is 2. The summed E-state index contributed by atoms with van der Waals surface area (Å²) in [6.07, 6.45) is 2.90. The Kier molecular flexibility index (Phi) is 7.40. The highest BCUT2D eigenvalue weighted by Gasteiger charge is 2.29. The Morgan fingerprint density at radius 1 is 1.03 bits per heavy atom. The molecule has 0 aliphatic heterocycles. The summed E-state index contributed by atoms with van der Waals surface area (Å²) < 4.78 is 5.54. The van der Waals surface area contributed by atoms with Gasteiger partial charge in [-0.15, -0.1) is 0 Å². The number of hydrogen-bond donors (Lipinski definition) is 3. The molecule has 0 radical (unpaired) electrons. The van der Waals surface area contributed by atoms with Gasteiger partial charge in [-0.1, -0.05) is 55.5 Å². The van der Waals surface area contributed by atoms with E-state index in [9.17, 15) is 14.4 Å². The number of carbonyl (C=O) groups is 3. The van der Waals surface area contributed by atoms with Crippen molar-refractivity contribution in [3.63, 3.8) is 0 Å². The van der Waals surface area contributed by atoms with Gasteiger partial charge in [0.2, 0.25) is 5.91 Å². The van der Waals surface area contributed by atoms with Crippen molar-refractivity contribution in [3.05, 3.63) is 83.7 Å². The fourth-order valence-corrected chi connectivity index (χ4v) is 4.24. The van der Waals surface area contributed by atoms with Crippen molar-refractivity contribution in [2.24, 2.45) is 5.92 Å². The average molecular weight is 474 g/mol. The first-order valence-corrected chi connectivity index (χ1v) is 11.5. The molecule has 2 aromatic carbocycles. The summed E-state index contributed by atoms with van der Waals surface area (Å²) in [5.74, 6) is -1.31. The zero-order valence-electron chi connectivity index (χ0n) is 19.4. The van der Waals surface area contributed by atoms with Gasteiger partial charge >= 0.3 is 12.1 Å². The van der Waals surface area contributed by atoms with E-state index in [1.54, 1.807) is 0 Å². The maximum absolute atomic E-state index is 12.3. The molecule has 0 spiro atoms. The number of pyridine rings is 1. The maximum Gasteiger partial charge on any atom is 0.407 e. The Hall–Kier alpha value is -4.20. The monoisotopic (exact) mass is 473 g/mol. The lowest BCUT2D eigenvalue weighted by Crippen LogP contribution is -2.30. The molecule has 4 rings (SSSR count). The maximum atomic E-state index is 12.3. The molecular weight excluding hydrogens is 446 g/mol. The number of aromatic carboxylic acids is 1. The van der Waals surface area contributed by atoms with Crippen LogP contribution in [0.1, 0.15) is 47.2 Å². The van der Waals surface area contributed by atoms with Crippen molar-refractivity contribution >= 4 is 23.7 Å². The van der Waals surface area contributed by atoms with Gasteiger partial charge in [-0.2, -0.15) is 0 Å². The molecule has 8 heteroatoms. The number of alkyl carbamates (subject to hydrolysis) is 1. The van der Waals surface area contributed by atoms with Crippen LogP contribution in [0.25, 0.3) is 11.1 Å². The van der Waals surface area contributed by atoms with Crippen molar-refractivity contribution in [1.82, 2.24) is 10.3 Å². The van der Waals surface area contributed by atoms with Gasteiger partial charge < -0.3 is 20.5 Å². The Labute approximate surface area is 203 Å². The molecular formula is C27H27N3O5. The first kappa shape index (κ1) is 23.9. The number of hydrogen-bond acceptors (Lipinski definition) is 5. The van der Waals surface area contributed by atoms with Crippen LogP contribution in [0.5, 0.6) is 0 Å². The Morgan fingerprint density at radius 2 is 1.69 bits per heavy atom. The number of nitrogens with zero attached hydrogens (tertiary/aromatic N) is 1. The fourth-order valence-electron chi connectivity index (χ4n) is 4.24. The SMILES string of the molecule is CC(CCC(=O)Nc1cncc(C(=O)O)c1)CNC(=O)OCC1c2ccccc2-c2ccccc21. The number of fused-ring (bicyclic) bond motifs is 3. The Bertz CT molecular complexity index is 1200. The number of nitrogens with one attached hydrogen (secondary N) is 2. The standard InChI is InChI=1S/C27H27N3O5/c1-17(10-11-25(31)30-19-12-18(26(32)33)14-28-15-19)13-29-27(34)35-16-24-22-8-4-2-6-20(22)21-7-3-5-9-23(21)24/h2-9,12,14-15,17,24H,10-11,13,16H2,1H3,(H,29,34)(H,30,31)(H,32,33). The van der Waals surface area contributed by atoms with Gasteiger partial charge in [0.15, 0.2) is 0 Å². The van der Waals surface area contributed by atoms with Crippen molar-refractivity contribution in [2.75, 3.05) is 18.5 Å². The van der Waals surface area contributed by atoms with Gasteiger partial charge in [0.1, 0.15) is 6.61 Å². The largest absolute Gasteiger partial charge is 0.478 e. The van der Waals surface area contributed by atoms with E-state index in [-0.39, 0.29) is 36.3 Å². The zero-order chi connectivity index (χ0) is 24.8. The highest BCUT2D eigenvalue weighted by molar-refractivity contribution is 5.93. The minimum atomic E-state index is -1.11. The molecule has 3 aromatic rings. The molecule has 0 saturated carbocycles. The molecule has 35 heavy (non-hydrogen) atoms. The summed E-state index contributed by atoms with van der Waals surface area (Å²) in [5.41, 5.74) is 5.00. The van der Waals surface area contributed by atoms with Gasteiger partial charge in [-0.3, -0.25) is 9.78 Å². The zero-order valence-corrected chi connectivity index (χ0v) is 19.4. The minimum absolute atomic E-state index is 0.00314. The second-order valence-electron chi connectivity index (χ2n) is 8.67. The molecule has 2 amide bonds. The Morgan fingerprint density at radius 3 is 2.34 bits per heavy atom.